The molecule has 0 aliphatic rings. The van der Waals surface area contributed by atoms with Gasteiger partial charge >= 0.3 is 0 Å². The average Bonchev–Trinajstić information content (AvgIpc) is 2.82. The van der Waals surface area contributed by atoms with Crippen LogP contribution in [-0.2, 0) is 6.54 Å². The zero-order chi connectivity index (χ0) is 15.0. The molecule has 0 fully saturated rings. The van der Waals surface area contributed by atoms with Crippen LogP contribution in [0.2, 0.25) is 0 Å². The number of aryl methyl sites for hydroxylation is 1. The lowest BCUT2D eigenvalue weighted by Crippen LogP contribution is -2.39. The Balaban J connectivity index is 2.44. The van der Waals surface area contributed by atoms with E-state index in [0.29, 0.717) is 0 Å². The van der Waals surface area contributed by atoms with Crippen LogP contribution in [0.3, 0.4) is 0 Å². The molecule has 5 nitrogen and oxygen atoms in total. The van der Waals surface area contributed by atoms with E-state index >= 15 is 0 Å². The zero-order valence-electron chi connectivity index (χ0n) is 13.2. The third-order valence-corrected chi connectivity index (χ3v) is 4.14. The van der Waals surface area contributed by atoms with Gasteiger partial charge in [-0.15, -0.1) is 0 Å². The third-order valence-electron chi connectivity index (χ3n) is 2.91. The Morgan fingerprint density at radius 2 is 2.20 bits per heavy atom. The first kappa shape index (κ1) is 16.9. The summed E-state index contributed by atoms with van der Waals surface area (Å²) in [6, 6.07) is 0. The number of aliphatic imine (C=N–C) groups is 1. The topological polar surface area (TPSA) is 54.2 Å². The molecule has 0 radical (unpaired) electrons. The molecule has 0 aliphatic heterocycles. The lowest BCUT2D eigenvalue weighted by atomic mass is 10.2. The van der Waals surface area contributed by atoms with Crippen molar-refractivity contribution >= 4 is 17.7 Å². The fourth-order valence-electron chi connectivity index (χ4n) is 1.55. The van der Waals surface area contributed by atoms with E-state index in [1.54, 1.807) is 0 Å². The Hall–Kier alpha value is -1.17. The fraction of sp³-hybridized carbons (Fsp3) is 0.714. The summed E-state index contributed by atoms with van der Waals surface area (Å²) >= 11 is 1.83. The Labute approximate surface area is 126 Å². The molecule has 0 unspecified atom stereocenters. The van der Waals surface area contributed by atoms with Gasteiger partial charge in [0.1, 0.15) is 0 Å². The van der Waals surface area contributed by atoms with E-state index in [-0.39, 0.29) is 4.75 Å². The molecule has 114 valence electrons. The Bertz CT molecular complexity index is 425. The average molecular weight is 297 g/mol. The van der Waals surface area contributed by atoms with Gasteiger partial charge in [0.05, 0.1) is 19.3 Å². The first-order chi connectivity index (χ1) is 9.46. The maximum absolute atomic E-state index is 4.64. The third kappa shape index (κ3) is 6.32. The molecule has 1 aromatic rings. The van der Waals surface area contributed by atoms with Crippen molar-refractivity contribution in [2.75, 3.05) is 25.9 Å². The van der Waals surface area contributed by atoms with Crippen LogP contribution in [0.4, 0.5) is 0 Å². The molecule has 0 amide bonds. The lowest BCUT2D eigenvalue weighted by molar-refractivity contribution is 0.596. The predicted molar refractivity (Wildman–Crippen MR) is 88.5 cm³/mol. The lowest BCUT2D eigenvalue weighted by Gasteiger charge is -2.20. The highest BCUT2D eigenvalue weighted by Gasteiger charge is 2.15. The van der Waals surface area contributed by atoms with Gasteiger partial charge in [0, 0.05) is 24.0 Å². The van der Waals surface area contributed by atoms with Gasteiger partial charge in [0.2, 0.25) is 0 Å². The minimum Gasteiger partial charge on any atom is -0.357 e. The van der Waals surface area contributed by atoms with E-state index in [1.807, 2.05) is 35.8 Å². The summed E-state index contributed by atoms with van der Waals surface area (Å²) in [7, 11) is 0. The molecule has 0 saturated carbocycles. The van der Waals surface area contributed by atoms with Crippen LogP contribution in [0.5, 0.6) is 0 Å². The molecule has 0 bridgehead atoms. The smallest absolute Gasteiger partial charge is 0.191 e. The van der Waals surface area contributed by atoms with Crippen LogP contribution >= 0.6 is 11.8 Å². The number of guanidine groups is 1. The van der Waals surface area contributed by atoms with E-state index in [1.165, 1.54) is 5.56 Å². The molecular weight excluding hydrogens is 270 g/mol. The number of nitrogens with zero attached hydrogens (tertiary/aromatic N) is 3. The minimum absolute atomic E-state index is 0.168. The second-order valence-corrected chi connectivity index (χ2v) is 6.88. The Morgan fingerprint density at radius 1 is 1.45 bits per heavy atom. The van der Waals surface area contributed by atoms with E-state index in [0.717, 1.165) is 32.1 Å². The maximum Gasteiger partial charge on any atom is 0.191 e. The van der Waals surface area contributed by atoms with Crippen LogP contribution in [0.1, 0.15) is 26.3 Å². The van der Waals surface area contributed by atoms with Gasteiger partial charge in [-0.25, -0.2) is 0 Å². The Morgan fingerprint density at radius 3 is 2.75 bits per heavy atom. The van der Waals surface area contributed by atoms with Crippen molar-refractivity contribution in [1.82, 2.24) is 20.4 Å². The molecule has 20 heavy (non-hydrogen) atoms. The largest absolute Gasteiger partial charge is 0.357 e. The molecule has 0 atom stereocenters. The molecule has 1 aromatic heterocycles. The van der Waals surface area contributed by atoms with Crippen molar-refractivity contribution in [3.05, 3.63) is 18.0 Å². The Kier molecular flexibility index (Phi) is 6.91. The number of hydrogen-bond acceptors (Lipinski definition) is 3. The first-order valence-corrected chi connectivity index (χ1v) is 8.25. The number of thioether (sulfide) groups is 1. The van der Waals surface area contributed by atoms with Crippen LogP contribution in [0, 0.1) is 6.92 Å². The van der Waals surface area contributed by atoms with E-state index in [2.05, 4.69) is 47.8 Å². The number of aromatic nitrogens is 2. The normalized spacial score (nSPS) is 12.6. The van der Waals surface area contributed by atoms with Gasteiger partial charge in [-0.3, -0.25) is 9.67 Å². The van der Waals surface area contributed by atoms with Gasteiger partial charge in [-0.1, -0.05) is 0 Å². The summed E-state index contributed by atoms with van der Waals surface area (Å²) in [6.45, 7) is 11.9. The second-order valence-electron chi connectivity index (χ2n) is 5.37. The molecule has 1 rings (SSSR count). The molecule has 0 aromatic carbocycles. The fourth-order valence-corrected chi connectivity index (χ4v) is 1.75. The van der Waals surface area contributed by atoms with Crippen molar-refractivity contribution in [3.63, 3.8) is 0 Å². The van der Waals surface area contributed by atoms with Crippen LogP contribution in [-0.4, -0.2) is 46.4 Å². The zero-order valence-corrected chi connectivity index (χ0v) is 14.0. The van der Waals surface area contributed by atoms with Crippen LogP contribution in [0.15, 0.2) is 17.4 Å². The quantitative estimate of drug-likeness (QED) is 0.596. The molecular formula is C14H27N5S. The first-order valence-electron chi connectivity index (χ1n) is 7.03. The molecule has 0 saturated heterocycles. The highest BCUT2D eigenvalue weighted by Crippen LogP contribution is 2.20. The number of rotatable bonds is 7. The van der Waals surface area contributed by atoms with E-state index in [4.69, 9.17) is 0 Å². The highest BCUT2D eigenvalue weighted by molar-refractivity contribution is 7.99. The van der Waals surface area contributed by atoms with Gasteiger partial charge < -0.3 is 10.6 Å². The van der Waals surface area contributed by atoms with Crippen molar-refractivity contribution in [2.45, 2.75) is 39.0 Å². The van der Waals surface area contributed by atoms with Gasteiger partial charge in [0.15, 0.2) is 5.96 Å². The van der Waals surface area contributed by atoms with Crippen molar-refractivity contribution < 1.29 is 0 Å². The van der Waals surface area contributed by atoms with E-state index in [9.17, 15) is 0 Å². The monoisotopic (exact) mass is 297 g/mol. The van der Waals surface area contributed by atoms with Crippen molar-refractivity contribution in [3.8, 4) is 0 Å². The van der Waals surface area contributed by atoms with Gasteiger partial charge in [-0.05, 0) is 39.5 Å². The van der Waals surface area contributed by atoms with Gasteiger partial charge in [0.25, 0.3) is 0 Å². The maximum atomic E-state index is 4.64. The second kappa shape index (κ2) is 8.19. The van der Waals surface area contributed by atoms with Gasteiger partial charge in [-0.2, -0.15) is 16.9 Å². The number of nitrogens with one attached hydrogen (secondary N) is 2. The summed E-state index contributed by atoms with van der Waals surface area (Å²) in [6.07, 6.45) is 6.04. The van der Waals surface area contributed by atoms with Crippen molar-refractivity contribution in [1.29, 1.82) is 0 Å². The molecule has 0 spiro atoms. The molecule has 1 heterocycles. The standard InChI is InChI=1S/C14H27N5S/c1-6-15-13(17-11-14(3,4)20-5)16-7-8-19-10-12(2)9-18-19/h9-10H,6-8,11H2,1-5H3,(H2,15,16,17). The van der Waals surface area contributed by atoms with Crippen LogP contribution in [0.25, 0.3) is 0 Å². The van der Waals surface area contributed by atoms with Crippen LogP contribution < -0.4 is 10.6 Å². The molecule has 0 aliphatic carbocycles. The SMILES string of the molecule is CCNC(=NCC(C)(C)SC)NCCn1cc(C)cn1. The molecule has 2 N–H and O–H groups in total. The summed E-state index contributed by atoms with van der Waals surface area (Å²) in [4.78, 5) is 4.64. The summed E-state index contributed by atoms with van der Waals surface area (Å²) in [5.74, 6) is 0.874. The minimum atomic E-state index is 0.168. The highest BCUT2D eigenvalue weighted by atomic mass is 32.2. The predicted octanol–water partition coefficient (Wildman–Crippen LogP) is 1.89. The summed E-state index contributed by atoms with van der Waals surface area (Å²) in [5.41, 5.74) is 1.19. The van der Waals surface area contributed by atoms with Crippen molar-refractivity contribution in [2.24, 2.45) is 4.99 Å². The van der Waals surface area contributed by atoms with E-state index < -0.39 is 0 Å². The summed E-state index contributed by atoms with van der Waals surface area (Å²) < 4.78 is 2.11. The molecule has 6 heteroatoms. The summed E-state index contributed by atoms with van der Waals surface area (Å²) in [5, 5.41) is 10.9. The number of hydrogen-bond donors (Lipinski definition) is 2.